The third kappa shape index (κ3) is 4.92. The van der Waals surface area contributed by atoms with Crippen LogP contribution in [0.4, 0.5) is 0 Å². The minimum atomic E-state index is -0.705. The minimum Gasteiger partial charge on any atom is -0.388 e. The van der Waals surface area contributed by atoms with Gasteiger partial charge in [-0.1, -0.05) is 0 Å². The maximum absolute atomic E-state index is 9.98. The molecule has 0 spiro atoms. The molecule has 0 aliphatic heterocycles. The zero-order chi connectivity index (χ0) is 11.3. The van der Waals surface area contributed by atoms with Crippen molar-refractivity contribution in [2.24, 2.45) is 0 Å². The Balaban J connectivity index is 2.24. The first-order valence-corrected chi connectivity index (χ1v) is 5.06. The van der Waals surface area contributed by atoms with Crippen LogP contribution < -0.4 is 5.32 Å². The molecule has 0 saturated heterocycles. The summed E-state index contributed by atoms with van der Waals surface area (Å²) < 4.78 is 0. The van der Waals surface area contributed by atoms with E-state index in [1.807, 2.05) is 32.0 Å². The highest BCUT2D eigenvalue weighted by Crippen LogP contribution is 2.03. The molecule has 5 heteroatoms. The molecule has 0 amide bonds. The highest BCUT2D eigenvalue weighted by atomic mass is 16.3. The van der Waals surface area contributed by atoms with Gasteiger partial charge in [-0.25, -0.2) is 0 Å². The molecule has 0 radical (unpaired) electrons. The predicted molar refractivity (Wildman–Crippen MR) is 59.5 cm³/mol. The van der Waals surface area contributed by atoms with Gasteiger partial charge in [0.2, 0.25) is 0 Å². The van der Waals surface area contributed by atoms with E-state index in [1.54, 1.807) is 6.20 Å². The number of nitrogens with zero attached hydrogens (tertiary/aromatic N) is 2. The largest absolute Gasteiger partial charge is 0.388 e. The van der Waals surface area contributed by atoms with Crippen molar-refractivity contribution >= 4 is 0 Å². The second kappa shape index (κ2) is 5.25. The Kier molecular flexibility index (Phi) is 4.26. The average molecular weight is 212 g/mol. The van der Waals surface area contributed by atoms with E-state index in [0.717, 1.165) is 5.69 Å². The lowest BCUT2D eigenvalue weighted by molar-refractivity contribution is 0.0335. The molecule has 1 atom stereocenters. The van der Waals surface area contributed by atoms with E-state index in [2.05, 4.69) is 15.5 Å². The van der Waals surface area contributed by atoms with E-state index in [4.69, 9.17) is 0 Å². The van der Waals surface area contributed by atoms with Crippen molar-refractivity contribution in [1.82, 2.24) is 20.4 Å². The summed E-state index contributed by atoms with van der Waals surface area (Å²) in [5, 5.41) is 19.9. The first-order valence-electron chi connectivity index (χ1n) is 5.06. The summed E-state index contributed by atoms with van der Waals surface area (Å²) in [7, 11) is 3.90. The number of nitrogens with one attached hydrogen (secondary N) is 2. The Morgan fingerprint density at radius 2 is 2.33 bits per heavy atom. The molecule has 0 fully saturated rings. The molecule has 0 aliphatic rings. The zero-order valence-corrected chi connectivity index (χ0v) is 9.62. The second-order valence-electron chi connectivity index (χ2n) is 4.42. The molecule has 86 valence electrons. The fraction of sp³-hybridized carbons (Fsp3) is 0.700. The number of aromatic nitrogens is 2. The Labute approximate surface area is 90.5 Å². The monoisotopic (exact) mass is 212 g/mol. The van der Waals surface area contributed by atoms with Crippen LogP contribution in [0.25, 0.3) is 0 Å². The third-order valence-electron chi connectivity index (χ3n) is 2.04. The average Bonchev–Trinajstić information content (AvgIpc) is 2.53. The summed E-state index contributed by atoms with van der Waals surface area (Å²) in [4.78, 5) is 1.97. The van der Waals surface area contributed by atoms with Crippen LogP contribution in [0.5, 0.6) is 0 Å². The molecule has 1 heterocycles. The van der Waals surface area contributed by atoms with E-state index in [9.17, 15) is 5.11 Å². The molecule has 1 aromatic heterocycles. The van der Waals surface area contributed by atoms with E-state index in [0.29, 0.717) is 19.6 Å². The maximum atomic E-state index is 9.98. The number of rotatable bonds is 6. The van der Waals surface area contributed by atoms with Gasteiger partial charge in [-0.05, 0) is 27.1 Å². The summed E-state index contributed by atoms with van der Waals surface area (Å²) in [6.07, 6.45) is 1.72. The molecule has 15 heavy (non-hydrogen) atoms. The molecule has 1 unspecified atom stereocenters. The molecule has 3 N–H and O–H groups in total. The maximum Gasteiger partial charge on any atom is 0.0869 e. The Bertz CT molecular complexity index is 269. The van der Waals surface area contributed by atoms with Crippen LogP contribution in [-0.4, -0.2) is 53.0 Å². The Morgan fingerprint density at radius 3 is 2.87 bits per heavy atom. The van der Waals surface area contributed by atoms with Gasteiger partial charge < -0.3 is 15.3 Å². The first kappa shape index (κ1) is 12.2. The highest BCUT2D eigenvalue weighted by Gasteiger charge is 2.20. The van der Waals surface area contributed by atoms with Gasteiger partial charge in [0.25, 0.3) is 0 Å². The molecule has 0 saturated carbocycles. The van der Waals surface area contributed by atoms with Gasteiger partial charge in [-0.2, -0.15) is 5.10 Å². The van der Waals surface area contributed by atoms with Crippen LogP contribution in [0.2, 0.25) is 0 Å². The van der Waals surface area contributed by atoms with Crippen LogP contribution >= 0.6 is 0 Å². The smallest absolute Gasteiger partial charge is 0.0869 e. The van der Waals surface area contributed by atoms with Gasteiger partial charge in [-0.3, -0.25) is 5.10 Å². The van der Waals surface area contributed by atoms with Crippen molar-refractivity contribution in [3.8, 4) is 0 Å². The van der Waals surface area contributed by atoms with Gasteiger partial charge in [0, 0.05) is 31.5 Å². The normalized spacial score (nSPS) is 15.5. The quantitative estimate of drug-likeness (QED) is 0.611. The summed E-state index contributed by atoms with van der Waals surface area (Å²) in [6.45, 7) is 3.73. The van der Waals surface area contributed by atoms with Crippen molar-refractivity contribution in [3.63, 3.8) is 0 Å². The van der Waals surface area contributed by atoms with Crippen molar-refractivity contribution in [2.75, 3.05) is 27.2 Å². The molecule has 0 bridgehead atoms. The molecule has 5 nitrogen and oxygen atoms in total. The van der Waals surface area contributed by atoms with Gasteiger partial charge >= 0.3 is 0 Å². The number of aromatic amines is 1. The SMILES string of the molecule is CN(C)CC(C)(O)CNCc1ccn[nH]1. The first-order chi connectivity index (χ1) is 6.99. The number of hydrogen-bond donors (Lipinski definition) is 3. The van der Waals surface area contributed by atoms with Crippen molar-refractivity contribution in [3.05, 3.63) is 18.0 Å². The number of hydrogen-bond acceptors (Lipinski definition) is 4. The summed E-state index contributed by atoms with van der Waals surface area (Å²) in [5.41, 5.74) is 0.319. The Hall–Kier alpha value is -0.910. The lowest BCUT2D eigenvalue weighted by Gasteiger charge is -2.27. The van der Waals surface area contributed by atoms with Gasteiger partial charge in [0.05, 0.1) is 5.60 Å². The standard InChI is InChI=1S/C10H20N4O/c1-10(15,8-14(2)3)7-11-6-9-4-5-12-13-9/h4-5,11,15H,6-8H2,1-3H3,(H,12,13). The van der Waals surface area contributed by atoms with Crippen LogP contribution in [0, 0.1) is 0 Å². The van der Waals surface area contributed by atoms with E-state index >= 15 is 0 Å². The molecule has 0 aromatic carbocycles. The highest BCUT2D eigenvalue weighted by molar-refractivity contribution is 4.96. The van der Waals surface area contributed by atoms with Crippen LogP contribution in [-0.2, 0) is 6.54 Å². The van der Waals surface area contributed by atoms with E-state index in [1.165, 1.54) is 0 Å². The van der Waals surface area contributed by atoms with E-state index < -0.39 is 5.60 Å². The summed E-state index contributed by atoms with van der Waals surface area (Å²) >= 11 is 0. The van der Waals surface area contributed by atoms with Crippen LogP contribution in [0.15, 0.2) is 12.3 Å². The van der Waals surface area contributed by atoms with Crippen molar-refractivity contribution in [2.45, 2.75) is 19.1 Å². The molecular formula is C10H20N4O. The van der Waals surface area contributed by atoms with E-state index in [-0.39, 0.29) is 0 Å². The zero-order valence-electron chi connectivity index (χ0n) is 9.62. The molecule has 1 aromatic rings. The Morgan fingerprint density at radius 1 is 1.60 bits per heavy atom. The minimum absolute atomic E-state index is 0.560. The molecular weight excluding hydrogens is 192 g/mol. The predicted octanol–water partition coefficient (Wildman–Crippen LogP) is -0.188. The van der Waals surface area contributed by atoms with Crippen LogP contribution in [0.1, 0.15) is 12.6 Å². The lowest BCUT2D eigenvalue weighted by atomic mass is 10.1. The fourth-order valence-corrected chi connectivity index (χ4v) is 1.59. The van der Waals surface area contributed by atoms with Gasteiger partial charge in [0.1, 0.15) is 0 Å². The number of likely N-dealkylation sites (N-methyl/N-ethyl adjacent to an activating group) is 1. The number of H-pyrrole nitrogens is 1. The molecule has 1 rings (SSSR count). The van der Waals surface area contributed by atoms with Crippen molar-refractivity contribution < 1.29 is 5.11 Å². The van der Waals surface area contributed by atoms with Crippen molar-refractivity contribution in [1.29, 1.82) is 0 Å². The third-order valence-corrected chi connectivity index (χ3v) is 2.04. The molecule has 0 aliphatic carbocycles. The summed E-state index contributed by atoms with van der Waals surface area (Å²) in [6, 6.07) is 1.91. The van der Waals surface area contributed by atoms with Gasteiger partial charge in [-0.15, -0.1) is 0 Å². The fourth-order valence-electron chi connectivity index (χ4n) is 1.59. The van der Waals surface area contributed by atoms with Crippen LogP contribution in [0.3, 0.4) is 0 Å². The summed E-state index contributed by atoms with van der Waals surface area (Å²) in [5.74, 6) is 0. The lowest BCUT2D eigenvalue weighted by Crippen LogP contribution is -2.45. The van der Waals surface area contributed by atoms with Gasteiger partial charge in [0.15, 0.2) is 0 Å². The second-order valence-corrected chi connectivity index (χ2v) is 4.42. The topological polar surface area (TPSA) is 64.2 Å². The number of aliphatic hydroxyl groups is 1.